The number of benzene rings is 2. The molecular weight excluding hydrogens is 456 g/mol. The zero-order valence-electron chi connectivity index (χ0n) is 19.1. The average molecular weight is 483 g/mol. The van der Waals surface area contributed by atoms with Crippen molar-refractivity contribution in [1.82, 2.24) is 10.2 Å². The van der Waals surface area contributed by atoms with E-state index in [1.807, 2.05) is 50.2 Å². The Morgan fingerprint density at radius 1 is 1.06 bits per heavy atom. The minimum atomic E-state index is -0.720. The molecule has 0 atom stereocenters. The molecule has 1 aliphatic rings. The predicted octanol–water partition coefficient (Wildman–Crippen LogP) is 6.08. The number of nitrogens with one attached hydrogen (secondary N) is 2. The van der Waals surface area contributed by atoms with Crippen molar-refractivity contribution in [2.24, 2.45) is 5.92 Å². The first-order valence-electron chi connectivity index (χ1n) is 11.3. The minimum absolute atomic E-state index is 0.115. The molecular formula is C25H27ClN4O4. The van der Waals surface area contributed by atoms with E-state index in [4.69, 9.17) is 21.1 Å². The SMILES string of the molecule is Cc1cc(Nc2nnc(C(=O)Nc3ccc([C@H]4CC[C@H](CC(=O)O)CC4)cc3)o2)c(C)cc1Cl. The van der Waals surface area contributed by atoms with Crippen molar-refractivity contribution in [3.8, 4) is 0 Å². The van der Waals surface area contributed by atoms with Gasteiger partial charge < -0.3 is 20.2 Å². The molecule has 4 rings (SSSR count). The molecule has 0 unspecified atom stereocenters. The summed E-state index contributed by atoms with van der Waals surface area (Å²) in [5.41, 5.74) is 4.42. The van der Waals surface area contributed by atoms with Crippen LogP contribution in [0.3, 0.4) is 0 Å². The molecule has 0 spiro atoms. The summed E-state index contributed by atoms with van der Waals surface area (Å²) in [5.74, 6) is -0.672. The molecule has 1 saturated carbocycles. The first-order valence-corrected chi connectivity index (χ1v) is 11.7. The molecule has 0 radical (unpaired) electrons. The first-order chi connectivity index (χ1) is 16.3. The van der Waals surface area contributed by atoms with Gasteiger partial charge in [0.2, 0.25) is 0 Å². The molecule has 1 fully saturated rings. The molecule has 0 bridgehead atoms. The van der Waals surface area contributed by atoms with Crippen LogP contribution in [-0.4, -0.2) is 27.2 Å². The van der Waals surface area contributed by atoms with Gasteiger partial charge in [-0.15, -0.1) is 5.10 Å². The van der Waals surface area contributed by atoms with Crippen LogP contribution in [0.4, 0.5) is 17.4 Å². The molecule has 1 aromatic heterocycles. The third-order valence-corrected chi connectivity index (χ3v) is 6.72. The Morgan fingerprint density at radius 3 is 2.44 bits per heavy atom. The van der Waals surface area contributed by atoms with Crippen LogP contribution >= 0.6 is 11.6 Å². The monoisotopic (exact) mass is 482 g/mol. The number of aromatic nitrogens is 2. The Hall–Kier alpha value is -3.39. The molecule has 8 nitrogen and oxygen atoms in total. The van der Waals surface area contributed by atoms with Crippen LogP contribution < -0.4 is 10.6 Å². The molecule has 0 aliphatic heterocycles. The third-order valence-electron chi connectivity index (χ3n) is 6.32. The topological polar surface area (TPSA) is 117 Å². The van der Waals surface area contributed by atoms with Gasteiger partial charge >= 0.3 is 23.8 Å². The fourth-order valence-electron chi connectivity index (χ4n) is 4.37. The molecule has 34 heavy (non-hydrogen) atoms. The van der Waals surface area contributed by atoms with Gasteiger partial charge in [0.25, 0.3) is 0 Å². The molecule has 3 N–H and O–H groups in total. The number of hydrogen-bond donors (Lipinski definition) is 3. The van der Waals surface area contributed by atoms with E-state index in [1.54, 1.807) is 0 Å². The second kappa shape index (κ2) is 10.3. The van der Waals surface area contributed by atoms with Gasteiger partial charge in [-0.25, -0.2) is 0 Å². The Bertz CT molecular complexity index is 1180. The van der Waals surface area contributed by atoms with Crippen molar-refractivity contribution in [1.29, 1.82) is 0 Å². The molecule has 1 aliphatic carbocycles. The molecule has 2 aromatic carbocycles. The van der Waals surface area contributed by atoms with Gasteiger partial charge in [0.1, 0.15) is 0 Å². The van der Waals surface area contributed by atoms with E-state index in [1.165, 1.54) is 5.56 Å². The van der Waals surface area contributed by atoms with Crippen molar-refractivity contribution < 1.29 is 19.1 Å². The highest BCUT2D eigenvalue weighted by Crippen LogP contribution is 2.37. The summed E-state index contributed by atoms with van der Waals surface area (Å²) < 4.78 is 5.48. The number of anilines is 3. The van der Waals surface area contributed by atoms with E-state index < -0.39 is 11.9 Å². The lowest BCUT2D eigenvalue weighted by Crippen LogP contribution is -2.16. The van der Waals surface area contributed by atoms with E-state index in [-0.39, 0.29) is 24.2 Å². The first kappa shape index (κ1) is 23.8. The Morgan fingerprint density at radius 2 is 1.76 bits per heavy atom. The number of carboxylic acid groups (broad SMARTS) is 1. The highest BCUT2D eigenvalue weighted by atomic mass is 35.5. The standard InChI is InChI=1S/C25H27ClN4O4/c1-14-12-21(15(2)11-20(14)26)28-25-30-29-24(34-25)23(33)27-19-9-7-18(8-10-19)17-5-3-16(4-6-17)13-22(31)32/h7-12,16-17H,3-6,13H2,1-2H3,(H,27,33)(H,28,30)(H,31,32)/t16-,17-. The largest absolute Gasteiger partial charge is 0.481 e. The van der Waals surface area contributed by atoms with Crippen molar-refractivity contribution >= 4 is 40.9 Å². The van der Waals surface area contributed by atoms with Crippen LogP contribution in [0.15, 0.2) is 40.8 Å². The van der Waals surface area contributed by atoms with Crippen LogP contribution in [-0.2, 0) is 4.79 Å². The quantitative estimate of drug-likeness (QED) is 0.373. The zero-order chi connectivity index (χ0) is 24.2. The summed E-state index contributed by atoms with van der Waals surface area (Å²) in [7, 11) is 0. The molecule has 3 aromatic rings. The van der Waals surface area contributed by atoms with E-state index in [0.717, 1.165) is 42.5 Å². The maximum Gasteiger partial charge on any atom is 0.320 e. The number of amides is 1. The molecule has 178 valence electrons. The predicted molar refractivity (Wildman–Crippen MR) is 130 cm³/mol. The Balaban J connectivity index is 1.33. The van der Waals surface area contributed by atoms with Gasteiger partial charge in [-0.2, -0.15) is 0 Å². The van der Waals surface area contributed by atoms with Crippen molar-refractivity contribution in [3.63, 3.8) is 0 Å². The van der Waals surface area contributed by atoms with Crippen LogP contribution in [0, 0.1) is 19.8 Å². The number of carboxylic acids is 1. The number of carbonyl (C=O) groups excluding carboxylic acids is 1. The van der Waals surface area contributed by atoms with Crippen LogP contribution in [0.5, 0.6) is 0 Å². The van der Waals surface area contributed by atoms with E-state index in [0.29, 0.717) is 16.6 Å². The van der Waals surface area contributed by atoms with Gasteiger partial charge in [-0.1, -0.05) is 28.8 Å². The van der Waals surface area contributed by atoms with Crippen molar-refractivity contribution in [3.05, 3.63) is 64.0 Å². The van der Waals surface area contributed by atoms with Crippen LogP contribution in [0.2, 0.25) is 5.02 Å². The van der Waals surface area contributed by atoms with Crippen molar-refractivity contribution in [2.45, 2.75) is 51.9 Å². The molecule has 9 heteroatoms. The summed E-state index contributed by atoms with van der Waals surface area (Å²) in [6.45, 7) is 3.80. The van der Waals surface area contributed by atoms with E-state index in [2.05, 4.69) is 20.8 Å². The highest BCUT2D eigenvalue weighted by Gasteiger charge is 2.24. The Labute approximate surface area is 202 Å². The lowest BCUT2D eigenvalue weighted by atomic mass is 9.77. The van der Waals surface area contributed by atoms with Gasteiger partial charge in [0.05, 0.1) is 0 Å². The maximum absolute atomic E-state index is 12.6. The van der Waals surface area contributed by atoms with Crippen LogP contribution in [0.25, 0.3) is 0 Å². The summed E-state index contributed by atoms with van der Waals surface area (Å²) in [6.07, 6.45) is 4.07. The molecule has 1 heterocycles. The number of halogens is 1. The fourth-order valence-corrected chi connectivity index (χ4v) is 4.58. The third kappa shape index (κ3) is 5.75. The second-order valence-electron chi connectivity index (χ2n) is 8.85. The summed E-state index contributed by atoms with van der Waals surface area (Å²) >= 11 is 6.14. The number of carbonyl (C=O) groups is 2. The number of hydrogen-bond acceptors (Lipinski definition) is 6. The highest BCUT2D eigenvalue weighted by molar-refractivity contribution is 6.31. The molecule has 1 amide bonds. The van der Waals surface area contributed by atoms with E-state index >= 15 is 0 Å². The smallest absolute Gasteiger partial charge is 0.320 e. The number of aryl methyl sites for hydroxylation is 2. The maximum atomic E-state index is 12.6. The summed E-state index contributed by atoms with van der Waals surface area (Å²) in [4.78, 5) is 23.5. The van der Waals surface area contributed by atoms with E-state index in [9.17, 15) is 9.59 Å². The number of nitrogens with zero attached hydrogens (tertiary/aromatic N) is 2. The number of rotatable bonds is 7. The molecule has 0 saturated heterocycles. The summed E-state index contributed by atoms with van der Waals surface area (Å²) in [6, 6.07) is 11.5. The Kier molecular flexibility index (Phi) is 7.17. The van der Waals surface area contributed by atoms with Gasteiger partial charge in [0.15, 0.2) is 0 Å². The van der Waals surface area contributed by atoms with Gasteiger partial charge in [0, 0.05) is 22.8 Å². The van der Waals surface area contributed by atoms with Crippen molar-refractivity contribution in [2.75, 3.05) is 10.6 Å². The zero-order valence-corrected chi connectivity index (χ0v) is 19.9. The van der Waals surface area contributed by atoms with Crippen LogP contribution in [0.1, 0.15) is 65.4 Å². The normalized spacial score (nSPS) is 17.9. The average Bonchev–Trinajstić information content (AvgIpc) is 3.27. The van der Waals surface area contributed by atoms with Gasteiger partial charge in [-0.3, -0.25) is 9.59 Å². The number of aliphatic carboxylic acids is 1. The fraction of sp³-hybridized carbons (Fsp3) is 0.360. The lowest BCUT2D eigenvalue weighted by Gasteiger charge is -2.28. The minimum Gasteiger partial charge on any atom is -0.481 e. The second-order valence-corrected chi connectivity index (χ2v) is 9.25. The van der Waals surface area contributed by atoms with Gasteiger partial charge in [-0.05, 0) is 92.3 Å². The lowest BCUT2D eigenvalue weighted by molar-refractivity contribution is -0.138. The summed E-state index contributed by atoms with van der Waals surface area (Å²) in [5, 5.41) is 23.2.